The molecule has 2 rings (SSSR count). The molecule has 0 aromatic rings. The van der Waals surface area contributed by atoms with E-state index in [1.54, 1.807) is 6.26 Å². The maximum absolute atomic E-state index is 11.5. The van der Waals surface area contributed by atoms with Gasteiger partial charge < -0.3 is 9.47 Å². The van der Waals surface area contributed by atoms with Crippen LogP contribution in [-0.2, 0) is 9.47 Å². The van der Waals surface area contributed by atoms with E-state index in [1.165, 1.54) is 11.8 Å². The number of aliphatic imine (C=N–C) groups is 1. The van der Waals surface area contributed by atoms with Crippen molar-refractivity contribution in [2.24, 2.45) is 4.99 Å². The summed E-state index contributed by atoms with van der Waals surface area (Å²) in [5.74, 6) is 0. The largest absolute Gasteiger partial charge is 0.446 e. The smallest absolute Gasteiger partial charge is 0.436 e. The topological polar surface area (TPSA) is 77.0 Å². The minimum atomic E-state index is -0.655. The van der Waals surface area contributed by atoms with Gasteiger partial charge in [0.1, 0.15) is 12.2 Å². The van der Waals surface area contributed by atoms with Gasteiger partial charge in [-0.15, -0.1) is 0 Å². The Hall–Kier alpha value is -1.24. The van der Waals surface area contributed by atoms with Crippen LogP contribution in [0.25, 0.3) is 0 Å². The molecule has 1 N–H and O–H groups in total. The first-order valence-corrected chi connectivity index (χ1v) is 7.71. The molecule has 19 heavy (non-hydrogen) atoms. The lowest BCUT2D eigenvalue weighted by molar-refractivity contribution is 0.0557. The minimum absolute atomic E-state index is 0.00466. The van der Waals surface area contributed by atoms with Gasteiger partial charge in [-0.1, -0.05) is 11.8 Å². The van der Waals surface area contributed by atoms with Crippen LogP contribution in [0.3, 0.4) is 0 Å². The van der Waals surface area contributed by atoms with Crippen molar-refractivity contribution in [1.82, 2.24) is 5.32 Å². The molecule has 2 aliphatic rings. The molecule has 2 fully saturated rings. The molecule has 2 saturated carbocycles. The molecule has 2 amide bonds. The van der Waals surface area contributed by atoms with Crippen LogP contribution in [0.5, 0.6) is 0 Å². The zero-order valence-corrected chi connectivity index (χ0v) is 11.7. The quantitative estimate of drug-likeness (QED) is 0.624. The van der Waals surface area contributed by atoms with Gasteiger partial charge in [0.15, 0.2) is 5.17 Å². The number of nitrogens with zero attached hydrogens (tertiary/aromatic N) is 1. The lowest BCUT2D eigenvalue weighted by atomic mass is 9.96. The van der Waals surface area contributed by atoms with E-state index in [-0.39, 0.29) is 17.4 Å². The fourth-order valence-electron chi connectivity index (χ4n) is 1.62. The van der Waals surface area contributed by atoms with Gasteiger partial charge in [0.25, 0.3) is 0 Å². The number of nitrogens with one attached hydrogen (secondary N) is 1. The molecule has 0 aromatic carbocycles. The van der Waals surface area contributed by atoms with Crippen molar-refractivity contribution in [3.05, 3.63) is 0 Å². The molecular weight excluding hydrogens is 268 g/mol. The summed E-state index contributed by atoms with van der Waals surface area (Å²) in [6.45, 7) is 0. The summed E-state index contributed by atoms with van der Waals surface area (Å²) in [4.78, 5) is 26.7. The molecule has 0 aromatic heterocycles. The molecule has 0 aliphatic heterocycles. The second-order valence-electron chi connectivity index (χ2n) is 4.64. The van der Waals surface area contributed by atoms with E-state index in [0.717, 1.165) is 38.5 Å². The lowest BCUT2D eigenvalue weighted by Gasteiger charge is -2.25. The van der Waals surface area contributed by atoms with Crippen molar-refractivity contribution >= 4 is 29.1 Å². The molecule has 106 valence electrons. The average molecular weight is 286 g/mol. The molecule has 6 nitrogen and oxygen atoms in total. The highest BCUT2D eigenvalue weighted by Gasteiger charge is 2.23. The lowest BCUT2D eigenvalue weighted by Crippen LogP contribution is -2.35. The summed E-state index contributed by atoms with van der Waals surface area (Å²) in [7, 11) is 0. The molecule has 0 bridgehead atoms. The molecule has 0 radical (unpaired) electrons. The Kier molecular flexibility index (Phi) is 5.07. The third kappa shape index (κ3) is 4.41. The molecule has 0 saturated heterocycles. The highest BCUT2D eigenvalue weighted by Crippen LogP contribution is 2.23. The Bertz CT molecular complexity index is 378. The zero-order chi connectivity index (χ0) is 13.7. The first-order chi connectivity index (χ1) is 9.17. The van der Waals surface area contributed by atoms with Crippen molar-refractivity contribution in [3.63, 3.8) is 0 Å². The maximum Gasteiger partial charge on any atom is 0.436 e. The fourth-order valence-corrected chi connectivity index (χ4v) is 1.97. The van der Waals surface area contributed by atoms with Gasteiger partial charge in [-0.05, 0) is 44.8 Å². The van der Waals surface area contributed by atoms with Crippen LogP contribution >= 0.6 is 11.8 Å². The summed E-state index contributed by atoms with van der Waals surface area (Å²) < 4.78 is 10.2. The van der Waals surface area contributed by atoms with Crippen molar-refractivity contribution in [3.8, 4) is 0 Å². The van der Waals surface area contributed by atoms with Crippen molar-refractivity contribution in [1.29, 1.82) is 0 Å². The third-order valence-electron chi connectivity index (χ3n) is 3.24. The number of rotatable bonds is 2. The maximum atomic E-state index is 11.5. The van der Waals surface area contributed by atoms with Crippen LogP contribution in [0.4, 0.5) is 9.59 Å². The highest BCUT2D eigenvalue weighted by molar-refractivity contribution is 8.13. The molecule has 0 spiro atoms. The predicted octanol–water partition coefficient (Wildman–Crippen LogP) is 2.67. The van der Waals surface area contributed by atoms with Gasteiger partial charge in [0.2, 0.25) is 0 Å². The zero-order valence-electron chi connectivity index (χ0n) is 10.9. The van der Waals surface area contributed by atoms with E-state index < -0.39 is 12.2 Å². The van der Waals surface area contributed by atoms with Gasteiger partial charge in [0.05, 0.1) is 0 Å². The number of amides is 2. The van der Waals surface area contributed by atoms with Crippen LogP contribution in [0.15, 0.2) is 4.99 Å². The highest BCUT2D eigenvalue weighted by atomic mass is 32.2. The fraction of sp³-hybridized carbons (Fsp3) is 0.750. The second-order valence-corrected chi connectivity index (χ2v) is 5.44. The summed E-state index contributed by atoms with van der Waals surface area (Å²) in [6.07, 6.45) is 6.28. The Morgan fingerprint density at radius 2 is 1.68 bits per heavy atom. The Morgan fingerprint density at radius 3 is 2.16 bits per heavy atom. The van der Waals surface area contributed by atoms with Gasteiger partial charge in [-0.2, -0.15) is 4.99 Å². The van der Waals surface area contributed by atoms with E-state index in [0.29, 0.717) is 0 Å². The van der Waals surface area contributed by atoms with E-state index >= 15 is 0 Å². The standard InChI is InChI=1S/C12H18N2O4S/c1-19-10(13-11(15)17-8-4-2-5-8)14-12(16)18-9-6-3-7-9/h8-9H,2-7H2,1H3,(H,13,14,15,16). The number of carbonyl (C=O) groups is 2. The van der Waals surface area contributed by atoms with E-state index in [9.17, 15) is 9.59 Å². The normalized spacial score (nSPS) is 20.2. The summed E-state index contributed by atoms with van der Waals surface area (Å²) >= 11 is 1.17. The number of amidine groups is 1. The van der Waals surface area contributed by atoms with Gasteiger partial charge in [-0.25, -0.2) is 9.59 Å². The number of hydrogen-bond donors (Lipinski definition) is 1. The van der Waals surface area contributed by atoms with Crippen molar-refractivity contribution in [2.75, 3.05) is 6.26 Å². The second kappa shape index (κ2) is 6.79. The molecule has 7 heteroatoms. The van der Waals surface area contributed by atoms with Crippen molar-refractivity contribution < 1.29 is 19.1 Å². The van der Waals surface area contributed by atoms with Crippen LogP contribution < -0.4 is 5.32 Å². The number of alkyl carbamates (subject to hydrolysis) is 1. The van der Waals surface area contributed by atoms with Crippen LogP contribution in [0.1, 0.15) is 38.5 Å². The first-order valence-electron chi connectivity index (χ1n) is 6.48. The van der Waals surface area contributed by atoms with Crippen molar-refractivity contribution in [2.45, 2.75) is 50.7 Å². The summed E-state index contributed by atoms with van der Waals surface area (Å²) in [5, 5.41) is 2.66. The molecule has 0 heterocycles. The van der Waals surface area contributed by atoms with E-state index in [1.807, 2.05) is 0 Å². The summed E-state index contributed by atoms with van der Waals surface area (Å²) in [5.41, 5.74) is 0. The monoisotopic (exact) mass is 286 g/mol. The Labute approximate surface area is 116 Å². The SMILES string of the molecule is CSC(=NC(=O)OC1CCC1)NC(=O)OC1CCC1. The predicted molar refractivity (Wildman–Crippen MR) is 72.3 cm³/mol. The molecule has 0 atom stereocenters. The molecule has 2 aliphatic carbocycles. The van der Waals surface area contributed by atoms with Gasteiger partial charge in [0, 0.05) is 0 Å². The number of thioether (sulfide) groups is 1. The van der Waals surface area contributed by atoms with Crippen LogP contribution in [0.2, 0.25) is 0 Å². The van der Waals surface area contributed by atoms with Crippen LogP contribution in [0, 0.1) is 0 Å². The Balaban J connectivity index is 1.76. The first kappa shape index (κ1) is 14.2. The Morgan fingerprint density at radius 1 is 1.11 bits per heavy atom. The number of hydrogen-bond acceptors (Lipinski definition) is 5. The van der Waals surface area contributed by atoms with E-state index in [2.05, 4.69) is 10.3 Å². The van der Waals surface area contributed by atoms with Gasteiger partial charge >= 0.3 is 12.2 Å². The minimum Gasteiger partial charge on any atom is -0.446 e. The third-order valence-corrected chi connectivity index (χ3v) is 3.82. The average Bonchev–Trinajstić information content (AvgIpc) is 2.28. The summed E-state index contributed by atoms with van der Waals surface area (Å²) in [6, 6.07) is 0. The molecular formula is C12H18N2O4S. The van der Waals surface area contributed by atoms with Crippen LogP contribution in [-0.4, -0.2) is 35.8 Å². The number of ether oxygens (including phenoxy) is 2. The number of carbonyl (C=O) groups excluding carboxylic acids is 2. The van der Waals surface area contributed by atoms with Gasteiger partial charge in [-0.3, -0.25) is 5.32 Å². The molecule has 0 unspecified atom stereocenters. The van der Waals surface area contributed by atoms with E-state index in [4.69, 9.17) is 9.47 Å².